The number of aliphatic hydroxyl groups is 1. The minimum Gasteiger partial charge on any atom is -0.495 e. The first-order valence-electron chi connectivity index (χ1n) is 7.55. The largest absolute Gasteiger partial charge is 0.495 e. The number of rotatable bonds is 7. The molecule has 1 atom stereocenters. The molecule has 138 valence electrons. The highest BCUT2D eigenvalue weighted by molar-refractivity contribution is 7.89. The summed E-state index contributed by atoms with van der Waals surface area (Å²) in [6.07, 6.45) is -1.12. The van der Waals surface area contributed by atoms with Gasteiger partial charge in [-0.1, -0.05) is 17.7 Å². The fourth-order valence-corrected chi connectivity index (χ4v) is 4.34. The Bertz CT molecular complexity index is 983. The van der Waals surface area contributed by atoms with Gasteiger partial charge in [-0.3, -0.25) is 0 Å². The second-order valence-corrected chi connectivity index (χ2v) is 8.47. The molecule has 0 aliphatic heterocycles. The van der Waals surface area contributed by atoms with Crippen LogP contribution >= 0.6 is 22.9 Å². The molecule has 0 bridgehead atoms. The van der Waals surface area contributed by atoms with Crippen molar-refractivity contribution in [1.82, 2.24) is 4.72 Å². The highest BCUT2D eigenvalue weighted by Crippen LogP contribution is 2.29. The molecule has 0 amide bonds. The van der Waals surface area contributed by atoms with E-state index >= 15 is 0 Å². The van der Waals surface area contributed by atoms with Crippen molar-refractivity contribution in [2.75, 3.05) is 13.7 Å². The maximum atomic E-state index is 12.4. The van der Waals surface area contributed by atoms with Crippen LogP contribution in [0, 0.1) is 0 Å². The number of sulfonamides is 1. The van der Waals surface area contributed by atoms with Crippen molar-refractivity contribution in [3.05, 3.63) is 58.6 Å². The molecule has 0 saturated heterocycles. The lowest BCUT2D eigenvalue weighted by Crippen LogP contribution is -2.28. The highest BCUT2D eigenvalue weighted by atomic mass is 35.5. The Morgan fingerprint density at radius 2 is 2.12 bits per heavy atom. The third-order valence-electron chi connectivity index (χ3n) is 3.62. The van der Waals surface area contributed by atoms with E-state index in [4.69, 9.17) is 20.8 Å². The van der Waals surface area contributed by atoms with E-state index in [0.29, 0.717) is 11.5 Å². The second kappa shape index (κ2) is 7.81. The number of aliphatic hydroxyl groups excluding tert-OH is 1. The summed E-state index contributed by atoms with van der Waals surface area (Å²) in [6, 6.07) is 11.3. The summed E-state index contributed by atoms with van der Waals surface area (Å²) in [6.45, 7) is -0.233. The van der Waals surface area contributed by atoms with Gasteiger partial charge in [0.1, 0.15) is 23.4 Å². The van der Waals surface area contributed by atoms with Crippen molar-refractivity contribution in [3.63, 3.8) is 0 Å². The summed E-state index contributed by atoms with van der Waals surface area (Å²) in [5.41, 5.74) is 0. The molecular formula is C17H16ClNO5S2. The quantitative estimate of drug-likeness (QED) is 0.616. The Morgan fingerprint density at radius 1 is 1.31 bits per heavy atom. The number of benzene rings is 1. The van der Waals surface area contributed by atoms with Gasteiger partial charge in [0.25, 0.3) is 0 Å². The maximum Gasteiger partial charge on any atom is 0.240 e. The summed E-state index contributed by atoms with van der Waals surface area (Å²) in [4.78, 5) is 0.908. The average Bonchev–Trinajstić information content (AvgIpc) is 3.30. The van der Waals surface area contributed by atoms with Gasteiger partial charge in [0.2, 0.25) is 10.0 Å². The van der Waals surface area contributed by atoms with Gasteiger partial charge in [-0.15, -0.1) is 11.3 Å². The fraction of sp³-hybridized carbons (Fsp3) is 0.176. The standard InChI is InChI=1S/C17H16ClNO5S2/c1-23-14-5-4-11(9-12(14)18)26(21,22)19-10-13(20)15-6-7-16(24-15)17-3-2-8-25-17/h2-9,13,19-20H,10H2,1H3. The van der Waals surface area contributed by atoms with E-state index in [9.17, 15) is 13.5 Å². The van der Waals surface area contributed by atoms with Gasteiger partial charge < -0.3 is 14.3 Å². The molecule has 0 saturated carbocycles. The van der Waals surface area contributed by atoms with Crippen molar-refractivity contribution in [2.45, 2.75) is 11.0 Å². The van der Waals surface area contributed by atoms with Gasteiger partial charge in [-0.25, -0.2) is 13.1 Å². The Hall–Kier alpha value is -1.84. The molecule has 26 heavy (non-hydrogen) atoms. The molecule has 0 aliphatic carbocycles. The first-order chi connectivity index (χ1) is 12.4. The SMILES string of the molecule is COc1ccc(S(=O)(=O)NCC(O)c2ccc(-c3cccs3)o2)cc1Cl. The summed E-state index contributed by atoms with van der Waals surface area (Å²) in [5, 5.41) is 12.3. The van der Waals surface area contributed by atoms with Crippen LogP contribution in [0.4, 0.5) is 0 Å². The van der Waals surface area contributed by atoms with Gasteiger partial charge in [-0.2, -0.15) is 0 Å². The van der Waals surface area contributed by atoms with Crippen LogP contribution in [0.25, 0.3) is 10.6 Å². The van der Waals surface area contributed by atoms with E-state index in [2.05, 4.69) is 4.72 Å². The molecule has 0 radical (unpaired) electrons. The van der Waals surface area contributed by atoms with Crippen LogP contribution in [0.5, 0.6) is 5.75 Å². The Balaban J connectivity index is 1.68. The van der Waals surface area contributed by atoms with Crippen molar-refractivity contribution in [2.24, 2.45) is 0 Å². The third-order valence-corrected chi connectivity index (χ3v) is 6.22. The Kier molecular flexibility index (Phi) is 5.69. The molecule has 2 aromatic heterocycles. The molecule has 3 aromatic rings. The molecular weight excluding hydrogens is 398 g/mol. The average molecular weight is 414 g/mol. The number of hydrogen-bond acceptors (Lipinski definition) is 6. The zero-order chi connectivity index (χ0) is 18.7. The smallest absolute Gasteiger partial charge is 0.240 e. The topological polar surface area (TPSA) is 88.8 Å². The molecule has 9 heteroatoms. The molecule has 0 aliphatic rings. The number of thiophene rings is 1. The number of methoxy groups -OCH3 is 1. The van der Waals surface area contributed by atoms with Crippen molar-refractivity contribution < 1.29 is 22.7 Å². The Morgan fingerprint density at radius 3 is 2.77 bits per heavy atom. The molecule has 2 N–H and O–H groups in total. The Labute approximate surface area is 160 Å². The number of furan rings is 1. The van der Waals surface area contributed by atoms with Crippen LogP contribution in [-0.2, 0) is 10.0 Å². The van der Waals surface area contributed by atoms with Crippen LogP contribution < -0.4 is 9.46 Å². The van der Waals surface area contributed by atoms with E-state index < -0.39 is 16.1 Å². The number of nitrogens with one attached hydrogen (secondary N) is 1. The molecule has 6 nitrogen and oxygen atoms in total. The number of hydrogen-bond donors (Lipinski definition) is 2. The summed E-state index contributed by atoms with van der Waals surface area (Å²) in [7, 11) is -2.39. The lowest BCUT2D eigenvalue weighted by atomic mass is 10.3. The van der Waals surface area contributed by atoms with Crippen molar-refractivity contribution in [1.29, 1.82) is 0 Å². The molecule has 0 spiro atoms. The van der Waals surface area contributed by atoms with Gasteiger partial charge in [0.05, 0.1) is 21.9 Å². The molecule has 1 aromatic carbocycles. The van der Waals surface area contributed by atoms with Crippen LogP contribution in [0.1, 0.15) is 11.9 Å². The monoisotopic (exact) mass is 413 g/mol. The van der Waals surface area contributed by atoms with Crippen LogP contribution in [0.2, 0.25) is 5.02 Å². The zero-order valence-electron chi connectivity index (χ0n) is 13.7. The van der Waals surface area contributed by atoms with E-state index in [0.717, 1.165) is 4.88 Å². The summed E-state index contributed by atoms with van der Waals surface area (Å²) in [5.74, 6) is 1.28. The highest BCUT2D eigenvalue weighted by Gasteiger charge is 2.20. The minimum atomic E-state index is -3.84. The number of halogens is 1. The minimum absolute atomic E-state index is 0.0192. The van der Waals surface area contributed by atoms with Crippen molar-refractivity contribution >= 4 is 33.0 Å². The van der Waals surface area contributed by atoms with Crippen molar-refractivity contribution in [3.8, 4) is 16.4 Å². The first-order valence-corrected chi connectivity index (χ1v) is 10.3. The van der Waals surface area contributed by atoms with Gasteiger partial charge in [-0.05, 0) is 41.8 Å². The van der Waals surface area contributed by atoms with Crippen LogP contribution in [-0.4, -0.2) is 27.2 Å². The zero-order valence-corrected chi connectivity index (χ0v) is 16.1. The van der Waals surface area contributed by atoms with E-state index in [-0.39, 0.29) is 22.2 Å². The lowest BCUT2D eigenvalue weighted by Gasteiger charge is -2.11. The molecule has 2 heterocycles. The van der Waals surface area contributed by atoms with Gasteiger partial charge >= 0.3 is 0 Å². The summed E-state index contributed by atoms with van der Waals surface area (Å²) < 4.78 is 37.7. The molecule has 3 rings (SSSR count). The molecule has 1 unspecified atom stereocenters. The van der Waals surface area contributed by atoms with Gasteiger partial charge in [0, 0.05) is 6.54 Å². The van der Waals surface area contributed by atoms with E-state index in [1.807, 2.05) is 17.5 Å². The lowest BCUT2D eigenvalue weighted by molar-refractivity contribution is 0.155. The van der Waals surface area contributed by atoms with E-state index in [1.54, 1.807) is 12.1 Å². The van der Waals surface area contributed by atoms with Crippen LogP contribution in [0.3, 0.4) is 0 Å². The normalized spacial score (nSPS) is 12.9. The third kappa shape index (κ3) is 4.11. The first kappa shape index (κ1) is 18.9. The molecule has 0 fully saturated rings. The fourth-order valence-electron chi connectivity index (χ4n) is 2.27. The number of ether oxygens (including phenoxy) is 1. The van der Waals surface area contributed by atoms with Crippen LogP contribution in [0.15, 0.2) is 57.2 Å². The predicted octanol–water partition coefficient (Wildman–Crippen LogP) is 3.68. The maximum absolute atomic E-state index is 12.4. The summed E-state index contributed by atoms with van der Waals surface area (Å²) >= 11 is 7.48. The van der Waals surface area contributed by atoms with E-state index in [1.165, 1.54) is 36.6 Å². The predicted molar refractivity (Wildman–Crippen MR) is 100 cm³/mol. The second-order valence-electron chi connectivity index (χ2n) is 5.34. The van der Waals surface area contributed by atoms with Gasteiger partial charge in [0.15, 0.2) is 0 Å².